The van der Waals surface area contributed by atoms with Crippen LogP contribution in [-0.4, -0.2) is 18.1 Å². The number of rotatable bonds is 3. The van der Waals surface area contributed by atoms with Crippen molar-refractivity contribution in [2.45, 2.75) is 25.8 Å². The number of ether oxygens (including phenoxy) is 1. The molecule has 1 aromatic heterocycles. The number of nitrogens with zero attached hydrogens (tertiary/aromatic N) is 1. The van der Waals surface area contributed by atoms with Gasteiger partial charge in [0.1, 0.15) is 11.3 Å². The highest BCUT2D eigenvalue weighted by Gasteiger charge is 2.19. The van der Waals surface area contributed by atoms with Gasteiger partial charge in [-0.05, 0) is 44.0 Å². The minimum atomic E-state index is 0.465. The normalized spacial score (nSPS) is 19.3. The highest BCUT2D eigenvalue weighted by atomic mass is 16.5. The summed E-state index contributed by atoms with van der Waals surface area (Å²) in [5, 5.41) is 4.76. The van der Waals surface area contributed by atoms with Crippen LogP contribution in [0.3, 0.4) is 0 Å². The third-order valence-corrected chi connectivity index (χ3v) is 3.50. The van der Waals surface area contributed by atoms with Gasteiger partial charge in [0, 0.05) is 17.6 Å². The number of fused-ring (bicyclic) bond motifs is 1. The van der Waals surface area contributed by atoms with E-state index in [1.54, 1.807) is 0 Å². The van der Waals surface area contributed by atoms with E-state index in [0.29, 0.717) is 12.6 Å². The Balaban J connectivity index is 2.13. The summed E-state index contributed by atoms with van der Waals surface area (Å²) in [6.07, 6.45) is 4.29. The molecule has 0 saturated carbocycles. The molecule has 3 heteroatoms. The molecular formula is C15H18N2O. The van der Waals surface area contributed by atoms with Gasteiger partial charge in [-0.3, -0.25) is 4.98 Å². The minimum Gasteiger partial charge on any atom is -0.492 e. The van der Waals surface area contributed by atoms with Crippen molar-refractivity contribution in [3.63, 3.8) is 0 Å². The smallest absolute Gasteiger partial charge is 0.145 e. The molecule has 0 bridgehead atoms. The molecule has 3 rings (SSSR count). The lowest BCUT2D eigenvalue weighted by Crippen LogP contribution is -2.13. The third kappa shape index (κ3) is 1.95. The van der Waals surface area contributed by atoms with Crippen molar-refractivity contribution >= 4 is 10.9 Å². The van der Waals surface area contributed by atoms with Crippen LogP contribution in [0.1, 0.15) is 31.4 Å². The number of nitrogens with one attached hydrogen (secondary N) is 1. The molecule has 1 unspecified atom stereocenters. The Kier molecular flexibility index (Phi) is 3.15. The molecule has 0 amide bonds. The summed E-state index contributed by atoms with van der Waals surface area (Å²) in [7, 11) is 0. The van der Waals surface area contributed by atoms with Crippen LogP contribution in [-0.2, 0) is 0 Å². The molecule has 0 spiro atoms. The van der Waals surface area contributed by atoms with Crippen molar-refractivity contribution in [2.75, 3.05) is 13.2 Å². The lowest BCUT2D eigenvalue weighted by Gasteiger charge is -2.15. The topological polar surface area (TPSA) is 34.1 Å². The van der Waals surface area contributed by atoms with E-state index >= 15 is 0 Å². The average molecular weight is 242 g/mol. The molecule has 94 valence electrons. The Labute approximate surface area is 107 Å². The van der Waals surface area contributed by atoms with Gasteiger partial charge in [-0.2, -0.15) is 0 Å². The van der Waals surface area contributed by atoms with Crippen LogP contribution >= 0.6 is 0 Å². The van der Waals surface area contributed by atoms with Gasteiger partial charge in [-0.25, -0.2) is 0 Å². The first kappa shape index (κ1) is 11.5. The van der Waals surface area contributed by atoms with Crippen LogP contribution in [0.25, 0.3) is 10.9 Å². The zero-order chi connectivity index (χ0) is 12.4. The Morgan fingerprint density at radius 2 is 2.33 bits per heavy atom. The number of aromatic nitrogens is 1. The molecule has 0 radical (unpaired) electrons. The highest BCUT2D eigenvalue weighted by molar-refractivity contribution is 5.87. The number of pyridine rings is 1. The average Bonchev–Trinajstić information content (AvgIpc) is 2.93. The number of benzene rings is 1. The Bertz CT molecular complexity index is 547. The first-order chi connectivity index (χ1) is 8.90. The maximum absolute atomic E-state index is 5.65. The largest absolute Gasteiger partial charge is 0.492 e. The first-order valence-electron chi connectivity index (χ1n) is 6.64. The van der Waals surface area contributed by atoms with Gasteiger partial charge in [0.05, 0.1) is 6.61 Å². The van der Waals surface area contributed by atoms with Crippen molar-refractivity contribution < 1.29 is 4.74 Å². The van der Waals surface area contributed by atoms with E-state index in [4.69, 9.17) is 4.74 Å². The summed E-state index contributed by atoms with van der Waals surface area (Å²) in [4.78, 5) is 4.48. The molecule has 0 aliphatic carbocycles. The molecule has 1 fully saturated rings. The third-order valence-electron chi connectivity index (χ3n) is 3.50. The van der Waals surface area contributed by atoms with Gasteiger partial charge in [0.2, 0.25) is 0 Å². The minimum absolute atomic E-state index is 0.465. The fourth-order valence-electron chi connectivity index (χ4n) is 2.69. The standard InChI is InChI=1S/C15H18N2O/c1-2-18-14-8-7-11(13-6-4-9-16-13)12-5-3-10-17-15(12)14/h3,5,7-8,10,13,16H,2,4,6,9H2,1H3. The molecule has 3 nitrogen and oxygen atoms in total. The summed E-state index contributed by atoms with van der Waals surface area (Å²) in [5.41, 5.74) is 2.32. The number of hydrogen-bond donors (Lipinski definition) is 1. The van der Waals surface area contributed by atoms with Crippen molar-refractivity contribution in [1.82, 2.24) is 10.3 Å². The number of hydrogen-bond acceptors (Lipinski definition) is 3. The Hall–Kier alpha value is -1.61. The summed E-state index contributed by atoms with van der Waals surface area (Å²) >= 11 is 0. The zero-order valence-corrected chi connectivity index (χ0v) is 10.6. The van der Waals surface area contributed by atoms with Crippen LogP contribution < -0.4 is 10.1 Å². The summed E-state index contributed by atoms with van der Waals surface area (Å²) in [6, 6.07) is 8.83. The van der Waals surface area contributed by atoms with E-state index in [2.05, 4.69) is 22.4 Å². The van der Waals surface area contributed by atoms with E-state index < -0.39 is 0 Å². The predicted molar refractivity (Wildman–Crippen MR) is 72.9 cm³/mol. The van der Waals surface area contributed by atoms with Crippen molar-refractivity contribution in [3.8, 4) is 5.75 Å². The van der Waals surface area contributed by atoms with E-state index in [0.717, 1.165) is 17.8 Å². The molecule has 2 heterocycles. The van der Waals surface area contributed by atoms with Gasteiger partial charge in [0.15, 0.2) is 0 Å². The fraction of sp³-hybridized carbons (Fsp3) is 0.400. The summed E-state index contributed by atoms with van der Waals surface area (Å²) in [6.45, 7) is 3.79. The van der Waals surface area contributed by atoms with E-state index in [-0.39, 0.29) is 0 Å². The lowest BCUT2D eigenvalue weighted by atomic mass is 9.99. The zero-order valence-electron chi connectivity index (χ0n) is 10.6. The second-order valence-corrected chi connectivity index (χ2v) is 4.63. The van der Waals surface area contributed by atoms with Crippen LogP contribution in [0.4, 0.5) is 0 Å². The molecular weight excluding hydrogens is 224 g/mol. The first-order valence-corrected chi connectivity index (χ1v) is 6.64. The molecule has 1 atom stereocenters. The van der Waals surface area contributed by atoms with Gasteiger partial charge >= 0.3 is 0 Å². The van der Waals surface area contributed by atoms with E-state index in [9.17, 15) is 0 Å². The Morgan fingerprint density at radius 3 is 3.11 bits per heavy atom. The van der Waals surface area contributed by atoms with Gasteiger partial charge in [-0.1, -0.05) is 12.1 Å². The van der Waals surface area contributed by atoms with Crippen molar-refractivity contribution in [2.24, 2.45) is 0 Å². The predicted octanol–water partition coefficient (Wildman–Crippen LogP) is 3.06. The van der Waals surface area contributed by atoms with E-state index in [1.165, 1.54) is 23.8 Å². The van der Waals surface area contributed by atoms with Gasteiger partial charge in [0.25, 0.3) is 0 Å². The molecule has 1 aliphatic rings. The fourth-order valence-corrected chi connectivity index (χ4v) is 2.69. The molecule has 1 N–H and O–H groups in total. The summed E-state index contributed by atoms with van der Waals surface area (Å²) < 4.78 is 5.65. The molecule has 18 heavy (non-hydrogen) atoms. The Morgan fingerprint density at radius 1 is 1.39 bits per heavy atom. The quantitative estimate of drug-likeness (QED) is 0.898. The van der Waals surface area contributed by atoms with Gasteiger partial charge in [-0.15, -0.1) is 0 Å². The summed E-state index contributed by atoms with van der Waals surface area (Å²) in [5.74, 6) is 0.884. The second kappa shape index (κ2) is 4.94. The van der Waals surface area contributed by atoms with Crippen LogP contribution in [0.2, 0.25) is 0 Å². The van der Waals surface area contributed by atoms with Gasteiger partial charge < -0.3 is 10.1 Å². The SMILES string of the molecule is CCOc1ccc(C2CCCN2)c2cccnc12. The van der Waals surface area contributed by atoms with Crippen LogP contribution in [0.5, 0.6) is 5.75 Å². The monoisotopic (exact) mass is 242 g/mol. The van der Waals surface area contributed by atoms with E-state index in [1.807, 2.05) is 25.3 Å². The second-order valence-electron chi connectivity index (χ2n) is 4.63. The highest BCUT2D eigenvalue weighted by Crippen LogP contribution is 2.33. The molecule has 2 aromatic rings. The van der Waals surface area contributed by atoms with Crippen molar-refractivity contribution in [3.05, 3.63) is 36.0 Å². The molecule has 1 saturated heterocycles. The van der Waals surface area contributed by atoms with Crippen molar-refractivity contribution in [1.29, 1.82) is 0 Å². The van der Waals surface area contributed by atoms with Crippen LogP contribution in [0.15, 0.2) is 30.5 Å². The maximum atomic E-state index is 5.65. The van der Waals surface area contributed by atoms with Crippen LogP contribution in [0, 0.1) is 0 Å². The maximum Gasteiger partial charge on any atom is 0.145 e. The molecule has 1 aromatic carbocycles. The lowest BCUT2D eigenvalue weighted by molar-refractivity contribution is 0.343. The molecule has 1 aliphatic heterocycles.